The number of fused-ring (bicyclic) bond motifs is 1. The molecule has 0 saturated heterocycles. The number of hydrogen-bond acceptors (Lipinski definition) is 3. The second-order valence-electron chi connectivity index (χ2n) is 4.73. The Bertz CT molecular complexity index is 785. The topological polar surface area (TPSA) is 63.6 Å². The Hall–Kier alpha value is -2.43. The highest BCUT2D eigenvalue weighted by Crippen LogP contribution is 2.30. The van der Waals surface area contributed by atoms with Crippen molar-refractivity contribution >= 4 is 10.9 Å². The molecule has 3 aromatic rings. The maximum atomic E-state index is 11.4. The van der Waals surface area contributed by atoms with Gasteiger partial charge in [0.25, 0.3) is 0 Å². The van der Waals surface area contributed by atoms with Gasteiger partial charge in [-0.3, -0.25) is 4.98 Å². The summed E-state index contributed by atoms with van der Waals surface area (Å²) in [6, 6.07) is 4.10. The highest BCUT2D eigenvalue weighted by atomic mass is 16.1. The van der Waals surface area contributed by atoms with Gasteiger partial charge in [0.15, 0.2) is 0 Å². The van der Waals surface area contributed by atoms with Crippen LogP contribution < -0.4 is 5.69 Å². The van der Waals surface area contributed by atoms with Gasteiger partial charge in [-0.05, 0) is 26.0 Å². The van der Waals surface area contributed by atoms with Crippen molar-refractivity contribution < 1.29 is 0 Å². The Morgan fingerprint density at radius 2 is 2.11 bits per heavy atom. The molecular formula is C14H14N4O. The minimum absolute atomic E-state index is 0.328. The summed E-state index contributed by atoms with van der Waals surface area (Å²) in [7, 11) is 0. The van der Waals surface area contributed by atoms with Gasteiger partial charge in [-0.15, -0.1) is 0 Å². The van der Waals surface area contributed by atoms with Gasteiger partial charge in [-0.2, -0.15) is 0 Å². The van der Waals surface area contributed by atoms with Crippen molar-refractivity contribution in [2.24, 2.45) is 0 Å². The van der Waals surface area contributed by atoms with Gasteiger partial charge in [-0.1, -0.05) is 0 Å². The SMILES string of the molecule is CC(C)n1cc(-c2ccnc(=O)[nH]2)c2ccncc21. The van der Waals surface area contributed by atoms with Crippen LogP contribution in [0.25, 0.3) is 22.2 Å². The van der Waals surface area contributed by atoms with E-state index in [1.54, 1.807) is 12.3 Å². The van der Waals surface area contributed by atoms with E-state index in [0.717, 1.165) is 22.2 Å². The molecule has 0 aliphatic heterocycles. The number of H-pyrrole nitrogens is 1. The maximum absolute atomic E-state index is 11.4. The fourth-order valence-corrected chi connectivity index (χ4v) is 2.27. The van der Waals surface area contributed by atoms with E-state index in [1.165, 1.54) is 6.20 Å². The van der Waals surface area contributed by atoms with Gasteiger partial charge in [0.1, 0.15) is 0 Å². The molecule has 3 heterocycles. The smallest absolute Gasteiger partial charge is 0.343 e. The molecule has 0 aromatic carbocycles. The Labute approximate surface area is 110 Å². The summed E-state index contributed by atoms with van der Waals surface area (Å²) in [4.78, 5) is 22.0. The van der Waals surface area contributed by atoms with E-state index in [1.807, 2.05) is 18.5 Å². The molecule has 0 fully saturated rings. The summed E-state index contributed by atoms with van der Waals surface area (Å²) in [5.41, 5.74) is 2.49. The summed E-state index contributed by atoms with van der Waals surface area (Å²) in [6.45, 7) is 4.23. The van der Waals surface area contributed by atoms with E-state index in [0.29, 0.717) is 6.04 Å². The summed E-state index contributed by atoms with van der Waals surface area (Å²) in [5, 5.41) is 1.07. The van der Waals surface area contributed by atoms with Gasteiger partial charge < -0.3 is 9.55 Å². The quantitative estimate of drug-likeness (QED) is 0.763. The van der Waals surface area contributed by atoms with E-state index >= 15 is 0 Å². The predicted octanol–water partition coefficient (Wildman–Crippen LogP) is 2.37. The fraction of sp³-hybridized carbons (Fsp3) is 0.214. The van der Waals surface area contributed by atoms with Crippen LogP contribution in [0.3, 0.4) is 0 Å². The highest BCUT2D eigenvalue weighted by Gasteiger charge is 2.12. The van der Waals surface area contributed by atoms with Gasteiger partial charge in [0, 0.05) is 35.6 Å². The molecule has 19 heavy (non-hydrogen) atoms. The summed E-state index contributed by atoms with van der Waals surface area (Å²) >= 11 is 0. The average Bonchev–Trinajstić information content (AvgIpc) is 2.78. The Balaban J connectivity index is 2.33. The Morgan fingerprint density at radius 1 is 1.26 bits per heavy atom. The van der Waals surface area contributed by atoms with Gasteiger partial charge in [0.2, 0.25) is 0 Å². The van der Waals surface area contributed by atoms with Crippen LogP contribution in [0.4, 0.5) is 0 Å². The zero-order valence-electron chi connectivity index (χ0n) is 10.8. The highest BCUT2D eigenvalue weighted by molar-refractivity contribution is 5.94. The molecule has 0 unspecified atom stereocenters. The number of aromatic nitrogens is 4. The van der Waals surface area contributed by atoms with Crippen molar-refractivity contribution in [3.63, 3.8) is 0 Å². The van der Waals surface area contributed by atoms with Gasteiger partial charge >= 0.3 is 5.69 Å². The lowest BCUT2D eigenvalue weighted by atomic mass is 10.1. The molecule has 0 radical (unpaired) electrons. The maximum Gasteiger partial charge on any atom is 0.345 e. The normalized spacial score (nSPS) is 11.3. The van der Waals surface area contributed by atoms with Crippen LogP contribution in [0.2, 0.25) is 0 Å². The van der Waals surface area contributed by atoms with Crippen molar-refractivity contribution in [1.82, 2.24) is 19.5 Å². The number of hydrogen-bond donors (Lipinski definition) is 1. The first-order valence-corrected chi connectivity index (χ1v) is 6.17. The molecule has 0 spiro atoms. The second-order valence-corrected chi connectivity index (χ2v) is 4.73. The molecular weight excluding hydrogens is 240 g/mol. The third-order valence-electron chi connectivity index (χ3n) is 3.16. The molecule has 0 aliphatic carbocycles. The molecule has 0 aliphatic rings. The Morgan fingerprint density at radius 3 is 2.84 bits per heavy atom. The molecule has 0 amide bonds. The first-order chi connectivity index (χ1) is 9.16. The van der Waals surface area contributed by atoms with E-state index < -0.39 is 0 Å². The molecule has 0 saturated carbocycles. The lowest BCUT2D eigenvalue weighted by Crippen LogP contribution is -2.09. The first-order valence-electron chi connectivity index (χ1n) is 6.17. The third kappa shape index (κ3) is 1.93. The summed E-state index contributed by atoms with van der Waals surface area (Å²) in [6.07, 6.45) is 7.17. The predicted molar refractivity (Wildman–Crippen MR) is 74.0 cm³/mol. The number of nitrogens with zero attached hydrogens (tertiary/aromatic N) is 3. The zero-order valence-corrected chi connectivity index (χ0v) is 10.8. The first kappa shape index (κ1) is 11.6. The van der Waals surface area contributed by atoms with Crippen LogP contribution in [-0.4, -0.2) is 19.5 Å². The van der Waals surface area contributed by atoms with E-state index in [2.05, 4.69) is 33.4 Å². The minimum atomic E-state index is -0.336. The molecule has 5 heteroatoms. The monoisotopic (exact) mass is 254 g/mol. The molecule has 0 bridgehead atoms. The molecule has 1 N–H and O–H groups in total. The lowest BCUT2D eigenvalue weighted by molar-refractivity contribution is 0.622. The molecule has 5 nitrogen and oxygen atoms in total. The number of nitrogens with one attached hydrogen (secondary N) is 1. The van der Waals surface area contributed by atoms with Crippen LogP contribution in [0, 0.1) is 0 Å². The van der Waals surface area contributed by atoms with Crippen molar-refractivity contribution in [3.05, 3.63) is 47.4 Å². The van der Waals surface area contributed by atoms with Gasteiger partial charge in [-0.25, -0.2) is 9.78 Å². The largest absolute Gasteiger partial charge is 0.345 e. The third-order valence-corrected chi connectivity index (χ3v) is 3.16. The van der Waals surface area contributed by atoms with Crippen molar-refractivity contribution in [1.29, 1.82) is 0 Å². The second kappa shape index (κ2) is 4.35. The van der Waals surface area contributed by atoms with Gasteiger partial charge in [0.05, 0.1) is 17.4 Å². The van der Waals surface area contributed by atoms with E-state index in [-0.39, 0.29) is 5.69 Å². The average molecular weight is 254 g/mol. The van der Waals surface area contributed by atoms with Crippen LogP contribution >= 0.6 is 0 Å². The van der Waals surface area contributed by atoms with Crippen LogP contribution in [0.1, 0.15) is 19.9 Å². The zero-order chi connectivity index (χ0) is 13.4. The van der Waals surface area contributed by atoms with E-state index in [4.69, 9.17) is 0 Å². The van der Waals surface area contributed by atoms with Crippen LogP contribution in [0.5, 0.6) is 0 Å². The standard InChI is InChI=1S/C14H14N4O/c1-9(2)18-8-11(10-3-5-15-7-13(10)18)12-4-6-16-14(19)17-12/h3-9H,1-2H3,(H,16,17,19). The van der Waals surface area contributed by atoms with Crippen molar-refractivity contribution in [2.75, 3.05) is 0 Å². The summed E-state index contributed by atoms with van der Waals surface area (Å²) in [5.74, 6) is 0. The van der Waals surface area contributed by atoms with Crippen LogP contribution in [-0.2, 0) is 0 Å². The molecule has 3 rings (SSSR count). The van der Waals surface area contributed by atoms with E-state index in [9.17, 15) is 4.79 Å². The number of rotatable bonds is 2. The fourth-order valence-electron chi connectivity index (χ4n) is 2.27. The molecule has 0 atom stereocenters. The van der Waals surface area contributed by atoms with Crippen LogP contribution in [0.15, 0.2) is 41.7 Å². The minimum Gasteiger partial charge on any atom is -0.343 e. The van der Waals surface area contributed by atoms with Crippen molar-refractivity contribution in [3.8, 4) is 11.3 Å². The Kier molecular flexibility index (Phi) is 2.67. The number of aromatic amines is 1. The van der Waals surface area contributed by atoms with Crippen molar-refractivity contribution in [2.45, 2.75) is 19.9 Å². The lowest BCUT2D eigenvalue weighted by Gasteiger charge is -2.07. The summed E-state index contributed by atoms with van der Waals surface area (Å²) < 4.78 is 2.15. The molecule has 3 aromatic heterocycles. The molecule has 96 valence electrons. The number of pyridine rings is 1.